The first-order valence-corrected chi connectivity index (χ1v) is 7.03. The smallest absolute Gasteiger partial charge is 0.328 e. The standard InChI is InChI=1S/C16H22N4O2/c1-12-6-8-13(9-7-12)4-2-10-19-14(15(21)22)5-3-11-20-16(17)18/h2,4,6-10,14H,3,5,11H2,1H3,(H,21,22)(H4,17,18,20)/b4-2+,19-10+/t14-/m0/s1. The van der Waals surface area contributed by atoms with Crippen molar-refractivity contribution in [3.63, 3.8) is 0 Å². The van der Waals surface area contributed by atoms with E-state index in [-0.39, 0.29) is 5.96 Å². The number of carbonyl (C=O) groups is 1. The van der Waals surface area contributed by atoms with Gasteiger partial charge in [-0.1, -0.05) is 35.9 Å². The number of nitrogens with zero attached hydrogens (tertiary/aromatic N) is 1. The van der Waals surface area contributed by atoms with Crippen molar-refractivity contribution in [2.24, 2.45) is 10.7 Å². The summed E-state index contributed by atoms with van der Waals surface area (Å²) in [6, 6.07) is 7.19. The van der Waals surface area contributed by atoms with Gasteiger partial charge in [-0.3, -0.25) is 10.4 Å². The Hall–Kier alpha value is -2.63. The van der Waals surface area contributed by atoms with Crippen molar-refractivity contribution in [2.75, 3.05) is 6.54 Å². The number of aryl methyl sites for hydroxylation is 1. The van der Waals surface area contributed by atoms with Crippen molar-refractivity contribution in [3.8, 4) is 0 Å². The molecule has 1 aromatic carbocycles. The highest BCUT2D eigenvalue weighted by Gasteiger charge is 2.13. The van der Waals surface area contributed by atoms with Crippen LogP contribution in [0.2, 0.25) is 1.41 Å². The highest BCUT2D eigenvalue weighted by Crippen LogP contribution is 2.05. The van der Waals surface area contributed by atoms with Crippen LogP contribution in [0.1, 0.15) is 24.0 Å². The first-order valence-electron chi connectivity index (χ1n) is 7.48. The van der Waals surface area contributed by atoms with Crippen LogP contribution >= 0.6 is 0 Å². The van der Waals surface area contributed by atoms with Gasteiger partial charge in [0.1, 0.15) is 6.04 Å². The molecule has 1 aromatic rings. The Kier molecular flexibility index (Phi) is 6.68. The molecule has 0 fully saturated rings. The quantitative estimate of drug-likeness (QED) is 0.333. The van der Waals surface area contributed by atoms with Crippen LogP contribution in [0.5, 0.6) is 0 Å². The molecule has 0 spiro atoms. The van der Waals surface area contributed by atoms with Crippen LogP contribution in [-0.4, -0.2) is 35.8 Å². The topological polar surface area (TPSA) is 112 Å². The number of nitrogens with two attached hydrogens (primary N) is 1. The molecular formula is C16H22N4O2. The van der Waals surface area contributed by atoms with Gasteiger partial charge in [0.15, 0.2) is 7.37 Å². The fourth-order valence-corrected chi connectivity index (χ4v) is 1.76. The second-order valence-corrected chi connectivity index (χ2v) is 4.88. The van der Waals surface area contributed by atoms with Crippen molar-refractivity contribution in [1.82, 2.24) is 5.32 Å². The molecule has 6 heteroatoms. The predicted octanol–water partition coefficient (Wildman–Crippen LogP) is 1.80. The summed E-state index contributed by atoms with van der Waals surface area (Å²) in [4.78, 5) is 15.2. The first kappa shape index (κ1) is 15.8. The molecule has 1 atom stereocenters. The molecule has 0 saturated heterocycles. The summed E-state index contributed by atoms with van der Waals surface area (Å²) in [6.07, 6.45) is 6.04. The number of carboxylic acid groups (broad SMARTS) is 1. The van der Waals surface area contributed by atoms with Crippen LogP contribution in [0.4, 0.5) is 0 Å². The van der Waals surface area contributed by atoms with Crippen LogP contribution in [0, 0.1) is 12.3 Å². The van der Waals surface area contributed by atoms with Gasteiger partial charge in [-0.05, 0) is 31.4 Å². The van der Waals surface area contributed by atoms with Crippen molar-refractivity contribution in [3.05, 3.63) is 41.5 Å². The van der Waals surface area contributed by atoms with Gasteiger partial charge >= 0.3 is 5.97 Å². The van der Waals surface area contributed by atoms with Crippen LogP contribution in [0.15, 0.2) is 35.3 Å². The number of carboxylic acids is 1. The Labute approximate surface area is 131 Å². The minimum atomic E-state index is -0.966. The summed E-state index contributed by atoms with van der Waals surface area (Å²) in [5, 5.41) is 14.9. The zero-order valence-corrected chi connectivity index (χ0v) is 12.6. The number of allylic oxidation sites excluding steroid dienone is 1. The Balaban J connectivity index is 2.45. The average molecular weight is 302 g/mol. The maximum absolute atomic E-state index is 11.1. The third kappa shape index (κ3) is 7.23. The molecule has 0 saturated carbocycles. The van der Waals surface area contributed by atoms with Gasteiger partial charge < -0.3 is 16.2 Å². The number of hydrogen-bond acceptors (Lipinski definition) is 3. The van der Waals surface area contributed by atoms with E-state index in [2.05, 4.69) is 15.7 Å². The van der Waals surface area contributed by atoms with Gasteiger partial charge in [0.05, 0.1) is 0 Å². The SMILES string of the molecule is [H]/N=C(\N)NCCC[C@H](/N=C/C=C/c1ccc(C)cc1)C(=O)O. The lowest BCUT2D eigenvalue weighted by Gasteiger charge is -2.07. The zero-order chi connectivity index (χ0) is 17.1. The fraction of sp³-hybridized carbons (Fsp3) is 0.312. The average Bonchev–Trinajstić information content (AvgIpc) is 2.54. The van der Waals surface area contributed by atoms with Crippen molar-refractivity contribution < 1.29 is 11.3 Å². The van der Waals surface area contributed by atoms with E-state index in [0.717, 1.165) is 5.56 Å². The lowest BCUT2D eigenvalue weighted by molar-refractivity contribution is -0.138. The predicted molar refractivity (Wildman–Crippen MR) is 89.3 cm³/mol. The molecule has 0 bridgehead atoms. The van der Waals surface area contributed by atoms with Crippen LogP contribution in [0.3, 0.4) is 0 Å². The number of guanidine groups is 1. The molecule has 0 unspecified atom stereocenters. The summed E-state index contributed by atoms with van der Waals surface area (Å²) in [5.41, 5.74) is 7.53. The Morgan fingerprint density at radius 3 is 2.91 bits per heavy atom. The van der Waals surface area contributed by atoms with Gasteiger partial charge in [-0.15, -0.1) is 0 Å². The van der Waals surface area contributed by atoms with E-state index in [0.29, 0.717) is 19.4 Å². The van der Waals surface area contributed by atoms with E-state index in [9.17, 15) is 4.79 Å². The van der Waals surface area contributed by atoms with Gasteiger partial charge in [0.2, 0.25) is 0 Å². The number of hydrogen-bond donors (Lipinski definition) is 4. The maximum atomic E-state index is 11.1. The summed E-state index contributed by atoms with van der Waals surface area (Å²) in [7, 11) is 0. The van der Waals surface area contributed by atoms with Crippen molar-refractivity contribution >= 4 is 24.2 Å². The first-order chi connectivity index (χ1) is 11.0. The third-order valence-corrected chi connectivity index (χ3v) is 2.96. The molecule has 5 N–H and O–H groups in total. The van der Waals surface area contributed by atoms with E-state index >= 15 is 0 Å². The Morgan fingerprint density at radius 1 is 1.55 bits per heavy atom. The second kappa shape index (κ2) is 9.33. The monoisotopic (exact) mass is 302 g/mol. The Bertz CT molecular complexity index is 582. The van der Waals surface area contributed by atoms with E-state index in [1.807, 2.05) is 37.3 Å². The van der Waals surface area contributed by atoms with E-state index < -0.39 is 12.0 Å². The van der Waals surface area contributed by atoms with Gasteiger partial charge in [0, 0.05) is 12.8 Å². The molecule has 0 aromatic heterocycles. The van der Waals surface area contributed by atoms with Crippen molar-refractivity contribution in [1.29, 1.82) is 5.40 Å². The van der Waals surface area contributed by atoms with Gasteiger partial charge in [-0.25, -0.2) is 4.79 Å². The molecule has 0 aliphatic rings. The molecule has 1 rings (SSSR count). The number of benzene rings is 1. The van der Waals surface area contributed by atoms with Crippen LogP contribution in [-0.2, 0) is 4.79 Å². The minimum absolute atomic E-state index is 0.0152. The lowest BCUT2D eigenvalue weighted by atomic mass is 10.1. The van der Waals surface area contributed by atoms with E-state index in [1.54, 1.807) is 6.08 Å². The summed E-state index contributed by atoms with van der Waals surface area (Å²) < 4.78 is 6.67. The molecule has 0 aliphatic heterocycles. The number of nitrogens with one attached hydrogen (secondary N) is 2. The largest absolute Gasteiger partial charge is 0.480 e. The highest BCUT2D eigenvalue weighted by molar-refractivity contribution is 5.82. The van der Waals surface area contributed by atoms with E-state index in [1.165, 1.54) is 11.8 Å². The molecular weight excluding hydrogens is 280 g/mol. The molecule has 22 heavy (non-hydrogen) atoms. The fourth-order valence-electron chi connectivity index (χ4n) is 1.76. The number of aliphatic imine (C=N–C) groups is 1. The summed E-state index contributed by atoms with van der Waals surface area (Å²) in [5.74, 6) is -0.950. The van der Waals surface area contributed by atoms with E-state index in [4.69, 9.17) is 12.3 Å². The Morgan fingerprint density at radius 2 is 2.27 bits per heavy atom. The zero-order valence-electron chi connectivity index (χ0n) is 13.6. The number of aliphatic carboxylic acids is 1. The van der Waals surface area contributed by atoms with Gasteiger partial charge in [-0.2, -0.15) is 0 Å². The lowest BCUT2D eigenvalue weighted by Crippen LogP contribution is -2.31. The summed E-state index contributed by atoms with van der Waals surface area (Å²) in [6.45, 7) is 2.47. The molecule has 118 valence electrons. The van der Waals surface area contributed by atoms with Crippen LogP contribution in [0.25, 0.3) is 6.08 Å². The molecule has 0 amide bonds. The van der Waals surface area contributed by atoms with Gasteiger partial charge in [0.25, 0.3) is 0 Å². The number of rotatable bonds is 8. The molecule has 0 heterocycles. The normalized spacial score (nSPS) is 14.2. The molecule has 0 aliphatic carbocycles. The molecule has 0 radical (unpaired) electrons. The van der Waals surface area contributed by atoms with Crippen LogP contribution < -0.4 is 11.1 Å². The molecule has 6 nitrogen and oxygen atoms in total. The van der Waals surface area contributed by atoms with Crippen molar-refractivity contribution in [2.45, 2.75) is 25.8 Å². The third-order valence-electron chi connectivity index (χ3n) is 2.96. The highest BCUT2D eigenvalue weighted by atomic mass is 16.4. The second-order valence-electron chi connectivity index (χ2n) is 4.88. The minimum Gasteiger partial charge on any atom is -0.480 e. The summed E-state index contributed by atoms with van der Waals surface area (Å²) >= 11 is 0. The maximum Gasteiger partial charge on any atom is 0.328 e.